The Labute approximate surface area is 90.7 Å². The van der Waals surface area contributed by atoms with E-state index in [2.05, 4.69) is 5.32 Å². The summed E-state index contributed by atoms with van der Waals surface area (Å²) < 4.78 is 0. The maximum absolute atomic E-state index is 11.4. The Morgan fingerprint density at radius 2 is 1.87 bits per heavy atom. The van der Waals surface area contributed by atoms with Gasteiger partial charge in [-0.25, -0.2) is 0 Å². The molecule has 0 aliphatic heterocycles. The van der Waals surface area contributed by atoms with Crippen LogP contribution in [0, 0.1) is 0 Å². The average molecular weight is 218 g/mol. The molecule has 0 heterocycles. The van der Waals surface area contributed by atoms with Gasteiger partial charge in [0.05, 0.1) is 18.8 Å². The van der Waals surface area contributed by atoms with Crippen LogP contribution in [-0.4, -0.2) is 41.4 Å². The van der Waals surface area contributed by atoms with Gasteiger partial charge in [-0.1, -0.05) is 6.42 Å². The lowest BCUT2D eigenvalue weighted by Gasteiger charge is -2.26. The van der Waals surface area contributed by atoms with Crippen LogP contribution < -0.4 is 11.1 Å². The Morgan fingerprint density at radius 1 is 1.27 bits per heavy atom. The van der Waals surface area contributed by atoms with Crippen LogP contribution in [0.25, 0.3) is 0 Å². The molecular formula is C10H22N2O3. The number of nitrogens with one attached hydrogen (secondary N) is 1. The number of hydrogen-bond donors (Lipinski definition) is 4. The molecule has 0 rings (SSSR count). The molecular weight excluding hydrogens is 196 g/mol. The minimum Gasteiger partial charge on any atom is -0.394 e. The molecule has 1 amide bonds. The zero-order chi connectivity index (χ0) is 11.7. The van der Waals surface area contributed by atoms with Crippen molar-refractivity contribution in [1.29, 1.82) is 0 Å². The lowest BCUT2D eigenvalue weighted by atomic mass is 10.0. The van der Waals surface area contributed by atoms with Gasteiger partial charge in [-0.3, -0.25) is 4.79 Å². The third kappa shape index (κ3) is 6.43. The topological polar surface area (TPSA) is 95.6 Å². The van der Waals surface area contributed by atoms with Gasteiger partial charge in [0.2, 0.25) is 5.91 Å². The minimum atomic E-state index is -0.912. The smallest absolute Gasteiger partial charge is 0.220 e. The van der Waals surface area contributed by atoms with Gasteiger partial charge in [0.1, 0.15) is 0 Å². The Morgan fingerprint density at radius 3 is 2.33 bits per heavy atom. The Balaban J connectivity index is 3.72. The van der Waals surface area contributed by atoms with E-state index < -0.39 is 5.54 Å². The maximum atomic E-state index is 11.4. The monoisotopic (exact) mass is 218 g/mol. The number of carbonyl (C=O) groups is 1. The lowest BCUT2D eigenvalue weighted by molar-refractivity contribution is -0.124. The van der Waals surface area contributed by atoms with Gasteiger partial charge >= 0.3 is 0 Å². The molecule has 0 aromatic rings. The standard InChI is InChI=1S/C10H22N2O3/c1-10(7-13,8-14)12-9(15)5-3-2-4-6-11/h13-14H,2-8,11H2,1H3,(H,12,15). The van der Waals surface area contributed by atoms with Crippen LogP contribution in [0.4, 0.5) is 0 Å². The summed E-state index contributed by atoms with van der Waals surface area (Å²) in [7, 11) is 0. The second-order valence-electron chi connectivity index (χ2n) is 4.02. The average Bonchev–Trinajstić information content (AvgIpc) is 2.24. The Hall–Kier alpha value is -0.650. The van der Waals surface area contributed by atoms with Crippen molar-refractivity contribution in [2.45, 2.75) is 38.1 Å². The Bertz CT molecular complexity index is 182. The first-order valence-corrected chi connectivity index (χ1v) is 5.31. The van der Waals surface area contributed by atoms with E-state index in [9.17, 15) is 4.79 Å². The summed E-state index contributed by atoms with van der Waals surface area (Å²) in [5.74, 6) is -0.141. The van der Waals surface area contributed by atoms with E-state index in [1.807, 2.05) is 0 Å². The van der Waals surface area contributed by atoms with Gasteiger partial charge < -0.3 is 21.3 Å². The van der Waals surface area contributed by atoms with Crippen molar-refractivity contribution in [2.75, 3.05) is 19.8 Å². The Kier molecular flexibility index (Phi) is 7.29. The number of aliphatic hydroxyl groups excluding tert-OH is 2. The number of rotatable bonds is 8. The van der Waals surface area contributed by atoms with E-state index in [0.717, 1.165) is 19.3 Å². The number of nitrogens with two attached hydrogens (primary N) is 1. The third-order valence-electron chi connectivity index (χ3n) is 2.25. The SMILES string of the molecule is CC(CO)(CO)NC(=O)CCCCCN. The molecule has 0 atom stereocenters. The second-order valence-corrected chi connectivity index (χ2v) is 4.02. The van der Waals surface area contributed by atoms with Crippen molar-refractivity contribution < 1.29 is 15.0 Å². The third-order valence-corrected chi connectivity index (χ3v) is 2.25. The fourth-order valence-electron chi connectivity index (χ4n) is 1.13. The van der Waals surface area contributed by atoms with Crippen LogP contribution in [0.3, 0.4) is 0 Å². The lowest BCUT2D eigenvalue weighted by Crippen LogP contribution is -2.51. The summed E-state index contributed by atoms with van der Waals surface area (Å²) in [6.45, 7) is 1.72. The molecule has 5 N–H and O–H groups in total. The summed E-state index contributed by atoms with van der Waals surface area (Å²) >= 11 is 0. The quantitative estimate of drug-likeness (QED) is 0.408. The maximum Gasteiger partial charge on any atom is 0.220 e. The van der Waals surface area contributed by atoms with Gasteiger partial charge in [-0.2, -0.15) is 0 Å². The van der Waals surface area contributed by atoms with Crippen LogP contribution in [0.5, 0.6) is 0 Å². The van der Waals surface area contributed by atoms with E-state index in [1.54, 1.807) is 6.92 Å². The number of unbranched alkanes of at least 4 members (excludes halogenated alkanes) is 2. The summed E-state index contributed by atoms with van der Waals surface area (Å²) in [4.78, 5) is 11.4. The largest absolute Gasteiger partial charge is 0.394 e. The number of amides is 1. The predicted molar refractivity (Wildman–Crippen MR) is 58.2 cm³/mol. The van der Waals surface area contributed by atoms with Gasteiger partial charge in [-0.15, -0.1) is 0 Å². The molecule has 0 saturated heterocycles. The highest BCUT2D eigenvalue weighted by Crippen LogP contribution is 2.04. The van der Waals surface area contributed by atoms with Gasteiger partial charge in [0, 0.05) is 6.42 Å². The van der Waals surface area contributed by atoms with Crippen LogP contribution >= 0.6 is 0 Å². The van der Waals surface area contributed by atoms with Crippen molar-refractivity contribution in [2.24, 2.45) is 5.73 Å². The normalized spacial score (nSPS) is 11.5. The molecule has 0 aromatic heterocycles. The highest BCUT2D eigenvalue weighted by atomic mass is 16.3. The van der Waals surface area contributed by atoms with Crippen LogP contribution in [-0.2, 0) is 4.79 Å². The summed E-state index contributed by atoms with van der Waals surface area (Å²) in [6.07, 6.45) is 3.05. The highest BCUT2D eigenvalue weighted by Gasteiger charge is 2.23. The molecule has 90 valence electrons. The van der Waals surface area contributed by atoms with Crippen LogP contribution in [0.2, 0.25) is 0 Å². The van der Waals surface area contributed by atoms with E-state index >= 15 is 0 Å². The molecule has 0 unspecified atom stereocenters. The van der Waals surface area contributed by atoms with Gasteiger partial charge in [0.15, 0.2) is 0 Å². The van der Waals surface area contributed by atoms with Crippen molar-refractivity contribution in [1.82, 2.24) is 5.32 Å². The molecule has 0 aromatic carbocycles. The first-order chi connectivity index (χ1) is 7.08. The summed E-state index contributed by atoms with van der Waals surface area (Å²) in [5, 5.41) is 20.5. The fraction of sp³-hybridized carbons (Fsp3) is 0.900. The number of carbonyl (C=O) groups excluding carboxylic acids is 1. The van der Waals surface area contributed by atoms with Crippen molar-refractivity contribution in [3.63, 3.8) is 0 Å². The van der Waals surface area contributed by atoms with E-state index in [1.165, 1.54) is 0 Å². The van der Waals surface area contributed by atoms with Gasteiger partial charge in [-0.05, 0) is 26.3 Å². The molecule has 0 bridgehead atoms. The first kappa shape index (κ1) is 14.3. The zero-order valence-electron chi connectivity index (χ0n) is 9.33. The summed E-state index contributed by atoms with van der Waals surface area (Å²) in [5.41, 5.74) is 4.41. The second kappa shape index (κ2) is 7.62. The van der Waals surface area contributed by atoms with E-state index in [-0.39, 0.29) is 19.1 Å². The fourth-order valence-corrected chi connectivity index (χ4v) is 1.13. The van der Waals surface area contributed by atoms with E-state index in [0.29, 0.717) is 13.0 Å². The number of aliphatic hydroxyl groups is 2. The molecule has 5 heteroatoms. The molecule has 5 nitrogen and oxygen atoms in total. The molecule has 0 spiro atoms. The highest BCUT2D eigenvalue weighted by molar-refractivity contribution is 5.76. The molecule has 0 saturated carbocycles. The number of hydrogen-bond acceptors (Lipinski definition) is 4. The van der Waals surface area contributed by atoms with Crippen LogP contribution in [0.15, 0.2) is 0 Å². The molecule has 0 fully saturated rings. The van der Waals surface area contributed by atoms with Crippen LogP contribution in [0.1, 0.15) is 32.6 Å². The summed E-state index contributed by atoms with van der Waals surface area (Å²) in [6, 6.07) is 0. The van der Waals surface area contributed by atoms with Crippen molar-refractivity contribution in [3.8, 4) is 0 Å². The van der Waals surface area contributed by atoms with Gasteiger partial charge in [0.25, 0.3) is 0 Å². The molecule has 15 heavy (non-hydrogen) atoms. The van der Waals surface area contributed by atoms with E-state index in [4.69, 9.17) is 15.9 Å². The molecule has 0 aliphatic rings. The molecule has 0 aliphatic carbocycles. The zero-order valence-corrected chi connectivity index (χ0v) is 9.33. The predicted octanol–water partition coefficient (Wildman–Crippen LogP) is -0.635. The first-order valence-electron chi connectivity index (χ1n) is 5.31. The minimum absolute atomic E-state index is 0.141. The van der Waals surface area contributed by atoms with Crippen molar-refractivity contribution in [3.05, 3.63) is 0 Å². The van der Waals surface area contributed by atoms with Crippen molar-refractivity contribution >= 4 is 5.91 Å². The molecule has 0 radical (unpaired) electrons.